The number of carbonyl (C=O) groups excluding carboxylic acids is 1. The van der Waals surface area contributed by atoms with Crippen LogP contribution < -0.4 is 14.8 Å². The molecule has 0 saturated carbocycles. The van der Waals surface area contributed by atoms with E-state index in [0.717, 1.165) is 36.6 Å². The number of thiophene rings is 1. The van der Waals surface area contributed by atoms with Crippen molar-refractivity contribution < 1.29 is 14.3 Å². The van der Waals surface area contributed by atoms with Crippen LogP contribution in [0.15, 0.2) is 52.7 Å². The van der Waals surface area contributed by atoms with Crippen molar-refractivity contribution >= 4 is 28.9 Å². The number of methoxy groups -OCH3 is 2. The van der Waals surface area contributed by atoms with E-state index in [1.54, 1.807) is 14.2 Å². The molecule has 2 aromatic carbocycles. The summed E-state index contributed by atoms with van der Waals surface area (Å²) in [6.45, 7) is 4.22. The summed E-state index contributed by atoms with van der Waals surface area (Å²) < 4.78 is 11.9. The zero-order chi connectivity index (χ0) is 23.4. The Bertz CT molecular complexity index is 1240. The number of fused-ring (bicyclic) bond motifs is 5. The Morgan fingerprint density at radius 3 is 2.26 bits per heavy atom. The molecule has 1 saturated heterocycles. The molecule has 3 unspecified atom stereocenters. The molecule has 4 heterocycles. The van der Waals surface area contributed by atoms with Crippen LogP contribution in [0, 0.1) is 0 Å². The lowest BCUT2D eigenvalue weighted by molar-refractivity contribution is 0.0711. The zero-order valence-corrected chi connectivity index (χ0v) is 21.2. The molecule has 0 spiro atoms. The molecule has 1 fully saturated rings. The van der Waals surface area contributed by atoms with Gasteiger partial charge in [0.2, 0.25) is 0 Å². The number of hydrogen-bond acceptors (Lipinski definition) is 7. The Morgan fingerprint density at radius 1 is 0.971 bits per heavy atom. The van der Waals surface area contributed by atoms with Crippen LogP contribution in [0.25, 0.3) is 0 Å². The number of ketones is 1. The van der Waals surface area contributed by atoms with Crippen molar-refractivity contribution in [2.24, 2.45) is 0 Å². The van der Waals surface area contributed by atoms with E-state index in [1.165, 1.54) is 25.8 Å². The fourth-order valence-corrected chi connectivity index (χ4v) is 8.84. The minimum absolute atomic E-state index is 0.142. The van der Waals surface area contributed by atoms with Gasteiger partial charge in [0, 0.05) is 41.2 Å². The fraction of sp³-hybridized carbons (Fsp3) is 0.370. The van der Waals surface area contributed by atoms with Gasteiger partial charge < -0.3 is 9.47 Å². The van der Waals surface area contributed by atoms with Crippen molar-refractivity contribution in [1.29, 1.82) is 0 Å². The van der Waals surface area contributed by atoms with Crippen LogP contribution in [0.1, 0.15) is 56.6 Å². The topological polar surface area (TPSA) is 50.8 Å². The van der Waals surface area contributed by atoms with Gasteiger partial charge in [0.25, 0.3) is 0 Å². The monoisotopic (exact) mass is 492 g/mol. The van der Waals surface area contributed by atoms with Gasteiger partial charge in [0.1, 0.15) is 17.2 Å². The number of rotatable bonds is 4. The third-order valence-electron chi connectivity index (χ3n) is 7.47. The minimum Gasteiger partial charge on any atom is -0.497 e. The molecular weight excluding hydrogens is 464 g/mol. The van der Waals surface area contributed by atoms with Crippen LogP contribution in [-0.2, 0) is 12.1 Å². The maximum atomic E-state index is 13.6. The number of carbonyl (C=O) groups is 1. The zero-order valence-electron chi connectivity index (χ0n) is 19.6. The van der Waals surface area contributed by atoms with Gasteiger partial charge in [-0.3, -0.25) is 15.0 Å². The van der Waals surface area contributed by atoms with Crippen LogP contribution >= 0.6 is 23.1 Å². The normalized spacial score (nSPS) is 26.0. The largest absolute Gasteiger partial charge is 0.497 e. The van der Waals surface area contributed by atoms with Gasteiger partial charge in [-0.05, 0) is 54.3 Å². The molecule has 176 valence electrons. The third kappa shape index (κ3) is 3.40. The molecule has 7 heteroatoms. The number of nitrogens with zero attached hydrogens (tertiary/aromatic N) is 1. The summed E-state index contributed by atoms with van der Waals surface area (Å²) in [6, 6.07) is 16.8. The first-order valence-corrected chi connectivity index (χ1v) is 13.4. The summed E-state index contributed by atoms with van der Waals surface area (Å²) in [5.41, 5.74) is 4.42. The summed E-state index contributed by atoms with van der Waals surface area (Å²) in [5, 5.41) is 3.91. The second-order valence-corrected chi connectivity index (χ2v) is 11.8. The maximum Gasteiger partial charge on any atom is 0.166 e. The Hall–Kier alpha value is -2.32. The first-order chi connectivity index (χ1) is 16.5. The highest BCUT2D eigenvalue weighted by molar-refractivity contribution is 8.01. The van der Waals surface area contributed by atoms with Crippen molar-refractivity contribution in [2.75, 3.05) is 27.3 Å². The predicted octanol–water partition coefficient (Wildman–Crippen LogP) is 5.56. The minimum atomic E-state index is -0.253. The molecule has 6 rings (SSSR count). The van der Waals surface area contributed by atoms with E-state index in [9.17, 15) is 4.79 Å². The second kappa shape index (κ2) is 8.41. The molecule has 0 aliphatic carbocycles. The maximum absolute atomic E-state index is 13.6. The van der Waals surface area contributed by atoms with Crippen LogP contribution in [0.2, 0.25) is 0 Å². The predicted molar refractivity (Wildman–Crippen MR) is 136 cm³/mol. The SMILES string of the molecule is COc1ccc(C2CC(=O)c3c(sc4c3CC(c3ccc(OC)cc3)N3CCNC43C)S2)cc1. The Labute approximate surface area is 208 Å². The lowest BCUT2D eigenvalue weighted by atomic mass is 9.85. The van der Waals surface area contributed by atoms with E-state index >= 15 is 0 Å². The van der Waals surface area contributed by atoms with Gasteiger partial charge in [-0.2, -0.15) is 0 Å². The summed E-state index contributed by atoms with van der Waals surface area (Å²) in [6.07, 6.45) is 1.40. The van der Waals surface area contributed by atoms with Gasteiger partial charge in [-0.25, -0.2) is 0 Å². The van der Waals surface area contributed by atoms with E-state index in [-0.39, 0.29) is 22.7 Å². The number of nitrogens with one attached hydrogen (secondary N) is 1. The standard InChI is InChI=1S/C27H28N2O3S2/c1-27-25-20(14-21(29(27)13-12-28-27)16-4-8-18(31-2)9-5-16)24-22(30)15-23(33-26(24)34-25)17-6-10-19(32-3)11-7-17/h4-11,21,23,28H,12-15H2,1-3H3. The van der Waals surface area contributed by atoms with E-state index in [1.807, 2.05) is 47.4 Å². The Balaban J connectivity index is 1.38. The quantitative estimate of drug-likeness (QED) is 0.515. The average molecular weight is 493 g/mol. The van der Waals surface area contributed by atoms with E-state index in [2.05, 4.69) is 41.4 Å². The fourth-order valence-electron chi connectivity index (χ4n) is 5.69. The number of Topliss-reactive ketones (excluding diaryl/α,β-unsaturated/α-hetero) is 1. The number of hydrogen-bond donors (Lipinski definition) is 1. The van der Waals surface area contributed by atoms with Crippen LogP contribution in [0.5, 0.6) is 11.5 Å². The van der Waals surface area contributed by atoms with Gasteiger partial charge in [0.15, 0.2) is 5.78 Å². The highest BCUT2D eigenvalue weighted by atomic mass is 32.2. The Morgan fingerprint density at radius 2 is 1.62 bits per heavy atom. The Kier molecular flexibility index (Phi) is 5.48. The highest BCUT2D eigenvalue weighted by Gasteiger charge is 2.50. The van der Waals surface area contributed by atoms with Gasteiger partial charge in [0.05, 0.1) is 18.4 Å². The summed E-state index contributed by atoms with van der Waals surface area (Å²) >= 11 is 3.67. The number of ether oxygens (including phenoxy) is 2. The summed E-state index contributed by atoms with van der Waals surface area (Å²) in [7, 11) is 3.37. The number of thioether (sulfide) groups is 1. The van der Waals surface area contributed by atoms with Crippen molar-refractivity contribution in [3.05, 3.63) is 75.7 Å². The molecule has 5 nitrogen and oxygen atoms in total. The van der Waals surface area contributed by atoms with Crippen molar-refractivity contribution in [3.63, 3.8) is 0 Å². The smallest absolute Gasteiger partial charge is 0.166 e. The lowest BCUT2D eigenvalue weighted by Crippen LogP contribution is -2.50. The van der Waals surface area contributed by atoms with Crippen molar-refractivity contribution in [2.45, 2.75) is 40.9 Å². The molecule has 1 N–H and O–H groups in total. The van der Waals surface area contributed by atoms with E-state index in [4.69, 9.17) is 9.47 Å². The van der Waals surface area contributed by atoms with Gasteiger partial charge in [-0.15, -0.1) is 23.1 Å². The molecule has 0 amide bonds. The van der Waals surface area contributed by atoms with Crippen molar-refractivity contribution in [3.8, 4) is 11.5 Å². The average Bonchev–Trinajstić information content (AvgIpc) is 3.45. The van der Waals surface area contributed by atoms with Crippen molar-refractivity contribution in [1.82, 2.24) is 10.2 Å². The van der Waals surface area contributed by atoms with Crippen LogP contribution in [0.3, 0.4) is 0 Å². The molecule has 0 bridgehead atoms. The second-order valence-electron chi connectivity index (χ2n) is 9.26. The molecular formula is C27H28N2O3S2. The van der Waals surface area contributed by atoms with Crippen LogP contribution in [0.4, 0.5) is 0 Å². The molecule has 34 heavy (non-hydrogen) atoms. The first-order valence-electron chi connectivity index (χ1n) is 11.7. The van der Waals surface area contributed by atoms with E-state index in [0.29, 0.717) is 6.42 Å². The molecule has 3 aliphatic heterocycles. The first kappa shape index (κ1) is 22.2. The molecule has 3 atom stereocenters. The summed E-state index contributed by atoms with van der Waals surface area (Å²) in [4.78, 5) is 17.5. The molecule has 3 aromatic rings. The highest BCUT2D eigenvalue weighted by Crippen LogP contribution is 2.56. The number of benzene rings is 2. The lowest BCUT2D eigenvalue weighted by Gasteiger charge is -2.45. The third-order valence-corrected chi connectivity index (χ3v) is 10.4. The van der Waals surface area contributed by atoms with Gasteiger partial charge in [-0.1, -0.05) is 24.3 Å². The van der Waals surface area contributed by atoms with Gasteiger partial charge >= 0.3 is 0 Å². The summed E-state index contributed by atoms with van der Waals surface area (Å²) in [5.74, 6) is 1.98. The van der Waals surface area contributed by atoms with Crippen LogP contribution in [-0.4, -0.2) is 38.0 Å². The molecule has 0 radical (unpaired) electrons. The molecule has 1 aromatic heterocycles. The van der Waals surface area contributed by atoms with E-state index < -0.39 is 0 Å². The molecule has 3 aliphatic rings.